The zero-order valence-electron chi connectivity index (χ0n) is 16.0. The lowest BCUT2D eigenvalue weighted by Gasteiger charge is -2.13. The van der Waals surface area contributed by atoms with Crippen LogP contribution in [0.4, 0.5) is 4.79 Å². The molecule has 8 heteroatoms. The molecule has 1 fully saturated rings. The number of rotatable bonds is 7. The summed E-state index contributed by atoms with van der Waals surface area (Å²) in [5.74, 6) is 2.75. The smallest absolute Gasteiger partial charge is 0.293 e. The van der Waals surface area contributed by atoms with Crippen LogP contribution in [-0.4, -0.2) is 29.3 Å². The molecule has 1 aliphatic rings. The summed E-state index contributed by atoms with van der Waals surface area (Å²) in [5, 5.41) is 0.540. The van der Waals surface area contributed by atoms with Crippen molar-refractivity contribution in [2.24, 2.45) is 0 Å². The number of carbonyl (C=O) groups excluding carboxylic acids is 2. The van der Waals surface area contributed by atoms with E-state index in [9.17, 15) is 9.59 Å². The topological polar surface area (TPSA) is 55.8 Å². The van der Waals surface area contributed by atoms with Gasteiger partial charge in [-0.05, 0) is 60.2 Å². The number of benzene rings is 2. The molecule has 0 unspecified atom stereocenters. The maximum absolute atomic E-state index is 12.8. The standard InChI is InChI=1S/C22H17Cl2NO4S/c1-3-9-29-20-17(24)10-15(11-18(20)28-4-2)12-19-21(26)25(22(27)30-19)13-14-5-7-16(23)8-6-14/h1,5-8,10-12H,4,9,13H2,2H3/b19-12-. The van der Waals surface area contributed by atoms with Gasteiger partial charge in [0.25, 0.3) is 11.1 Å². The second-order valence-corrected chi connectivity index (χ2v) is 7.99. The van der Waals surface area contributed by atoms with Crippen LogP contribution in [0.5, 0.6) is 11.5 Å². The van der Waals surface area contributed by atoms with Gasteiger partial charge in [0, 0.05) is 5.02 Å². The van der Waals surface area contributed by atoms with Crippen LogP contribution in [0, 0.1) is 12.3 Å². The summed E-state index contributed by atoms with van der Waals surface area (Å²) in [6, 6.07) is 10.3. The summed E-state index contributed by atoms with van der Waals surface area (Å²) in [6.45, 7) is 2.43. The van der Waals surface area contributed by atoms with E-state index in [1.165, 1.54) is 4.90 Å². The Morgan fingerprint density at radius 1 is 1.17 bits per heavy atom. The SMILES string of the molecule is C#CCOc1c(Cl)cc(/C=C2\SC(=O)N(Cc3ccc(Cl)cc3)C2=O)cc1OCC. The number of nitrogens with zero attached hydrogens (tertiary/aromatic N) is 1. The van der Waals surface area contributed by atoms with Crippen LogP contribution in [-0.2, 0) is 11.3 Å². The van der Waals surface area contributed by atoms with E-state index >= 15 is 0 Å². The van der Waals surface area contributed by atoms with Crippen LogP contribution >= 0.6 is 35.0 Å². The molecule has 1 heterocycles. The lowest BCUT2D eigenvalue weighted by Crippen LogP contribution is -2.27. The van der Waals surface area contributed by atoms with E-state index in [0.717, 1.165) is 17.3 Å². The summed E-state index contributed by atoms with van der Waals surface area (Å²) >= 11 is 13.1. The van der Waals surface area contributed by atoms with Gasteiger partial charge in [-0.3, -0.25) is 14.5 Å². The lowest BCUT2D eigenvalue weighted by atomic mass is 10.1. The number of imide groups is 1. The highest BCUT2D eigenvalue weighted by Crippen LogP contribution is 2.39. The van der Waals surface area contributed by atoms with Gasteiger partial charge in [-0.25, -0.2) is 0 Å². The van der Waals surface area contributed by atoms with Gasteiger partial charge in [0.05, 0.1) is 23.1 Å². The fourth-order valence-electron chi connectivity index (χ4n) is 2.75. The summed E-state index contributed by atoms with van der Waals surface area (Å²) in [6.07, 6.45) is 6.84. The number of terminal acetylenes is 1. The first kappa shape index (κ1) is 22.1. The summed E-state index contributed by atoms with van der Waals surface area (Å²) < 4.78 is 11.1. The van der Waals surface area contributed by atoms with Crippen molar-refractivity contribution in [1.82, 2.24) is 4.90 Å². The van der Waals surface area contributed by atoms with Gasteiger partial charge in [-0.2, -0.15) is 0 Å². The summed E-state index contributed by atoms with van der Waals surface area (Å²) in [4.78, 5) is 26.6. The van der Waals surface area contributed by atoms with E-state index in [1.54, 1.807) is 42.5 Å². The van der Waals surface area contributed by atoms with Crippen LogP contribution in [0.2, 0.25) is 10.0 Å². The van der Waals surface area contributed by atoms with Crippen molar-refractivity contribution in [3.05, 3.63) is 62.5 Å². The molecule has 0 bridgehead atoms. The monoisotopic (exact) mass is 461 g/mol. The molecule has 0 aliphatic carbocycles. The first-order valence-corrected chi connectivity index (χ1v) is 10.5. The van der Waals surface area contributed by atoms with Crippen molar-refractivity contribution < 1.29 is 19.1 Å². The number of thioether (sulfide) groups is 1. The molecule has 3 rings (SSSR count). The summed E-state index contributed by atoms with van der Waals surface area (Å²) in [7, 11) is 0. The van der Waals surface area contributed by atoms with Gasteiger partial charge in [-0.15, -0.1) is 6.42 Å². The molecule has 0 radical (unpaired) electrons. The maximum atomic E-state index is 12.8. The molecule has 2 amide bonds. The zero-order valence-corrected chi connectivity index (χ0v) is 18.3. The number of carbonyl (C=O) groups is 2. The van der Waals surface area contributed by atoms with Crippen molar-refractivity contribution in [3.63, 3.8) is 0 Å². The third kappa shape index (κ3) is 5.11. The fourth-order valence-corrected chi connectivity index (χ4v) is 3.99. The lowest BCUT2D eigenvalue weighted by molar-refractivity contribution is -0.123. The van der Waals surface area contributed by atoms with E-state index in [-0.39, 0.29) is 24.3 Å². The number of halogens is 2. The number of hydrogen-bond acceptors (Lipinski definition) is 5. The van der Waals surface area contributed by atoms with E-state index < -0.39 is 0 Å². The molecular weight excluding hydrogens is 445 g/mol. The predicted molar refractivity (Wildman–Crippen MR) is 120 cm³/mol. The third-order valence-corrected chi connectivity index (χ3v) is 5.50. The number of amides is 2. The Morgan fingerprint density at radius 3 is 2.57 bits per heavy atom. The van der Waals surface area contributed by atoms with Crippen molar-refractivity contribution in [3.8, 4) is 23.8 Å². The van der Waals surface area contributed by atoms with E-state index in [0.29, 0.717) is 38.6 Å². The highest BCUT2D eigenvalue weighted by atomic mass is 35.5. The Morgan fingerprint density at radius 2 is 1.90 bits per heavy atom. The zero-order chi connectivity index (χ0) is 21.7. The molecule has 2 aromatic carbocycles. The first-order valence-electron chi connectivity index (χ1n) is 8.95. The molecule has 0 saturated carbocycles. The van der Waals surface area contributed by atoms with Gasteiger partial charge in [-0.1, -0.05) is 41.3 Å². The third-order valence-electron chi connectivity index (χ3n) is 4.06. The van der Waals surface area contributed by atoms with Gasteiger partial charge in [0.1, 0.15) is 6.61 Å². The molecule has 0 atom stereocenters. The molecule has 0 aromatic heterocycles. The minimum atomic E-state index is -0.373. The van der Waals surface area contributed by atoms with Crippen molar-refractivity contribution >= 4 is 52.2 Å². The van der Waals surface area contributed by atoms with E-state index in [1.807, 2.05) is 6.92 Å². The molecule has 30 heavy (non-hydrogen) atoms. The van der Waals surface area contributed by atoms with Crippen molar-refractivity contribution in [1.29, 1.82) is 0 Å². The Bertz CT molecular complexity index is 1040. The Kier molecular flexibility index (Phi) is 7.33. The average molecular weight is 462 g/mol. The highest BCUT2D eigenvalue weighted by Gasteiger charge is 2.35. The first-order chi connectivity index (χ1) is 14.4. The van der Waals surface area contributed by atoms with Gasteiger partial charge in [0.2, 0.25) is 0 Å². The quantitative estimate of drug-likeness (QED) is 0.394. The minimum absolute atomic E-state index is 0.0444. The highest BCUT2D eigenvalue weighted by molar-refractivity contribution is 8.18. The average Bonchev–Trinajstić information content (AvgIpc) is 2.96. The molecule has 0 spiro atoms. The molecular formula is C22H17Cl2NO4S. The molecule has 5 nitrogen and oxygen atoms in total. The van der Waals surface area contributed by atoms with Gasteiger partial charge in [0.15, 0.2) is 11.5 Å². The maximum Gasteiger partial charge on any atom is 0.293 e. The van der Waals surface area contributed by atoms with Crippen LogP contribution < -0.4 is 9.47 Å². The molecule has 1 saturated heterocycles. The van der Waals surface area contributed by atoms with Gasteiger partial charge >= 0.3 is 0 Å². The Balaban J connectivity index is 1.85. The van der Waals surface area contributed by atoms with E-state index in [4.69, 9.17) is 39.1 Å². The Hall–Kier alpha value is -2.59. The number of ether oxygens (including phenoxy) is 2. The minimum Gasteiger partial charge on any atom is -0.490 e. The molecule has 154 valence electrons. The molecule has 1 aliphatic heterocycles. The largest absolute Gasteiger partial charge is 0.490 e. The van der Waals surface area contributed by atoms with Crippen molar-refractivity contribution in [2.75, 3.05) is 13.2 Å². The normalized spacial score (nSPS) is 14.9. The summed E-state index contributed by atoms with van der Waals surface area (Å²) in [5.41, 5.74) is 1.41. The second-order valence-electron chi connectivity index (χ2n) is 6.15. The predicted octanol–water partition coefficient (Wildman–Crippen LogP) is 5.64. The fraction of sp³-hybridized carbons (Fsp3) is 0.182. The number of hydrogen-bond donors (Lipinski definition) is 0. The van der Waals surface area contributed by atoms with Crippen LogP contribution in [0.3, 0.4) is 0 Å². The van der Waals surface area contributed by atoms with Crippen molar-refractivity contribution in [2.45, 2.75) is 13.5 Å². The molecule has 0 N–H and O–H groups in total. The second kappa shape index (κ2) is 9.94. The van der Waals surface area contributed by atoms with Crippen LogP contribution in [0.1, 0.15) is 18.1 Å². The van der Waals surface area contributed by atoms with E-state index in [2.05, 4.69) is 5.92 Å². The van der Waals surface area contributed by atoms with Crippen LogP contribution in [0.25, 0.3) is 6.08 Å². The molecule has 2 aromatic rings. The Labute approximate surface area is 188 Å². The van der Waals surface area contributed by atoms with Gasteiger partial charge < -0.3 is 9.47 Å². The van der Waals surface area contributed by atoms with Crippen LogP contribution in [0.15, 0.2) is 41.3 Å².